The smallest absolute Gasteiger partial charge is 0.222 e. The van der Waals surface area contributed by atoms with Crippen LogP contribution in [-0.2, 0) is 0 Å². The quantitative estimate of drug-likeness (QED) is 0.761. The highest BCUT2D eigenvalue weighted by molar-refractivity contribution is 5.23. The number of aliphatic hydroxyl groups is 1. The minimum Gasteiger partial charge on any atom is -0.395 e. The number of aromatic nitrogens is 2. The lowest BCUT2D eigenvalue weighted by molar-refractivity contribution is 0.0901. The van der Waals surface area contributed by atoms with E-state index in [4.69, 9.17) is 0 Å². The number of hydrogen-bond donors (Lipinski definition) is 2. The third-order valence-electron chi connectivity index (χ3n) is 3.65. The summed E-state index contributed by atoms with van der Waals surface area (Å²) in [6.07, 6.45) is 8.32. The van der Waals surface area contributed by atoms with Gasteiger partial charge in [-0.1, -0.05) is 6.42 Å². The lowest BCUT2D eigenvalue weighted by Crippen LogP contribution is -2.42. The Morgan fingerprint density at radius 2 is 2.16 bits per heavy atom. The molecule has 2 N–H and O–H groups in total. The van der Waals surface area contributed by atoms with Crippen LogP contribution in [0.4, 0.5) is 5.95 Å². The van der Waals surface area contributed by atoms with Gasteiger partial charge in [-0.05, 0) is 38.3 Å². The molecule has 1 atom stereocenters. The van der Waals surface area contributed by atoms with Gasteiger partial charge in [0.1, 0.15) is 0 Å². The van der Waals surface area contributed by atoms with E-state index in [0.29, 0.717) is 12.0 Å². The van der Waals surface area contributed by atoms with E-state index in [1.54, 1.807) is 0 Å². The monoisotopic (exact) mass is 264 g/mol. The minimum absolute atomic E-state index is 0.286. The van der Waals surface area contributed by atoms with Crippen LogP contribution in [0.1, 0.15) is 31.2 Å². The summed E-state index contributed by atoms with van der Waals surface area (Å²) in [5.41, 5.74) is 1.07. The molecule has 19 heavy (non-hydrogen) atoms. The second kappa shape index (κ2) is 7.40. The van der Waals surface area contributed by atoms with Crippen LogP contribution in [0.5, 0.6) is 0 Å². The van der Waals surface area contributed by atoms with Gasteiger partial charge in [0.2, 0.25) is 5.95 Å². The van der Waals surface area contributed by atoms with E-state index in [2.05, 4.69) is 20.2 Å². The average molecular weight is 264 g/mol. The molecule has 5 heteroatoms. The molecule has 2 rings (SSSR count). The van der Waals surface area contributed by atoms with Gasteiger partial charge >= 0.3 is 0 Å². The second-order valence-electron chi connectivity index (χ2n) is 5.23. The van der Waals surface area contributed by atoms with Gasteiger partial charge in [-0.2, -0.15) is 0 Å². The fourth-order valence-electron chi connectivity index (χ4n) is 2.53. The molecule has 1 aromatic rings. The number of likely N-dealkylation sites (tertiary alicyclic amines) is 1. The predicted octanol–water partition coefficient (Wildman–Crippen LogP) is 1.43. The summed E-state index contributed by atoms with van der Waals surface area (Å²) in [6, 6.07) is 0.365. The van der Waals surface area contributed by atoms with E-state index >= 15 is 0 Å². The van der Waals surface area contributed by atoms with Gasteiger partial charge < -0.3 is 10.4 Å². The van der Waals surface area contributed by atoms with Crippen molar-refractivity contribution in [3.63, 3.8) is 0 Å². The number of aliphatic hydroxyl groups excluding tert-OH is 1. The molecule has 0 aliphatic carbocycles. The average Bonchev–Trinajstić information content (AvgIpc) is 2.46. The zero-order valence-electron chi connectivity index (χ0n) is 11.7. The number of aryl methyl sites for hydroxylation is 1. The first-order valence-corrected chi connectivity index (χ1v) is 7.17. The Labute approximate surface area is 115 Å². The lowest BCUT2D eigenvalue weighted by Gasteiger charge is -2.34. The standard InChI is InChI=1S/C14H24N4O/c1-12-9-16-14(17-10-12)15-6-4-8-18-7-3-2-5-13(18)11-19/h9-10,13,19H,2-8,11H2,1H3,(H,15,16,17)/t13-/m1/s1. The Balaban J connectivity index is 1.67. The Hall–Kier alpha value is -1.20. The molecule has 1 aliphatic rings. The van der Waals surface area contributed by atoms with Crippen molar-refractivity contribution in [2.24, 2.45) is 0 Å². The zero-order chi connectivity index (χ0) is 13.5. The third kappa shape index (κ3) is 4.44. The molecule has 1 fully saturated rings. The van der Waals surface area contributed by atoms with E-state index < -0.39 is 0 Å². The van der Waals surface area contributed by atoms with Crippen LogP contribution in [0.15, 0.2) is 12.4 Å². The molecular formula is C14H24N4O. The maximum Gasteiger partial charge on any atom is 0.222 e. The summed E-state index contributed by atoms with van der Waals surface area (Å²) in [5.74, 6) is 0.697. The maximum absolute atomic E-state index is 9.34. The molecule has 1 aromatic heterocycles. The summed E-state index contributed by atoms with van der Waals surface area (Å²) in [5, 5.41) is 12.6. The summed E-state index contributed by atoms with van der Waals surface area (Å²) in [6.45, 7) is 5.29. The van der Waals surface area contributed by atoms with Gasteiger partial charge in [0, 0.05) is 31.5 Å². The van der Waals surface area contributed by atoms with Crippen molar-refractivity contribution >= 4 is 5.95 Å². The van der Waals surface area contributed by atoms with E-state index in [-0.39, 0.29) is 6.61 Å². The van der Waals surface area contributed by atoms with Gasteiger partial charge in [-0.25, -0.2) is 9.97 Å². The first kappa shape index (κ1) is 14.2. The summed E-state index contributed by atoms with van der Waals surface area (Å²) in [4.78, 5) is 10.8. The molecule has 0 radical (unpaired) electrons. The van der Waals surface area contributed by atoms with Crippen molar-refractivity contribution in [3.05, 3.63) is 18.0 Å². The van der Waals surface area contributed by atoms with Crippen molar-refractivity contribution < 1.29 is 5.11 Å². The molecule has 1 aliphatic heterocycles. The van der Waals surface area contributed by atoms with E-state index in [1.807, 2.05) is 19.3 Å². The number of anilines is 1. The van der Waals surface area contributed by atoms with E-state index in [1.165, 1.54) is 12.8 Å². The Morgan fingerprint density at radius 3 is 2.89 bits per heavy atom. The highest BCUT2D eigenvalue weighted by Gasteiger charge is 2.20. The fourth-order valence-corrected chi connectivity index (χ4v) is 2.53. The van der Waals surface area contributed by atoms with Crippen LogP contribution in [0.2, 0.25) is 0 Å². The number of nitrogens with one attached hydrogen (secondary N) is 1. The SMILES string of the molecule is Cc1cnc(NCCCN2CCCC[C@@H]2CO)nc1. The highest BCUT2D eigenvalue weighted by Crippen LogP contribution is 2.16. The third-order valence-corrected chi connectivity index (χ3v) is 3.65. The maximum atomic E-state index is 9.34. The van der Waals surface area contributed by atoms with E-state index in [0.717, 1.165) is 38.0 Å². The van der Waals surface area contributed by atoms with Crippen molar-refractivity contribution in [1.82, 2.24) is 14.9 Å². The molecule has 5 nitrogen and oxygen atoms in total. The molecule has 0 saturated carbocycles. The van der Waals surface area contributed by atoms with Gasteiger partial charge in [0.15, 0.2) is 0 Å². The molecule has 0 unspecified atom stereocenters. The fraction of sp³-hybridized carbons (Fsp3) is 0.714. The summed E-state index contributed by atoms with van der Waals surface area (Å²) in [7, 11) is 0. The van der Waals surface area contributed by atoms with Gasteiger partial charge in [-0.15, -0.1) is 0 Å². The highest BCUT2D eigenvalue weighted by atomic mass is 16.3. The van der Waals surface area contributed by atoms with Crippen LogP contribution in [0.3, 0.4) is 0 Å². The molecular weight excluding hydrogens is 240 g/mol. The molecule has 0 bridgehead atoms. The van der Waals surface area contributed by atoms with Crippen LogP contribution < -0.4 is 5.32 Å². The number of hydrogen-bond acceptors (Lipinski definition) is 5. The van der Waals surface area contributed by atoms with Crippen LogP contribution in [0, 0.1) is 6.92 Å². The zero-order valence-corrected chi connectivity index (χ0v) is 11.7. The Kier molecular flexibility index (Phi) is 5.54. The van der Waals surface area contributed by atoms with E-state index in [9.17, 15) is 5.11 Å². The molecule has 0 amide bonds. The van der Waals surface area contributed by atoms with Crippen LogP contribution in [0.25, 0.3) is 0 Å². The molecule has 1 saturated heterocycles. The molecule has 2 heterocycles. The molecule has 0 spiro atoms. The largest absolute Gasteiger partial charge is 0.395 e. The number of piperidine rings is 1. The normalized spacial score (nSPS) is 20.4. The minimum atomic E-state index is 0.286. The van der Waals surface area contributed by atoms with Gasteiger partial charge in [0.05, 0.1) is 6.61 Å². The Morgan fingerprint density at radius 1 is 1.37 bits per heavy atom. The van der Waals surface area contributed by atoms with Crippen molar-refractivity contribution in [2.45, 2.75) is 38.6 Å². The number of nitrogens with zero attached hydrogens (tertiary/aromatic N) is 3. The topological polar surface area (TPSA) is 61.3 Å². The first-order valence-electron chi connectivity index (χ1n) is 7.17. The summed E-state index contributed by atoms with van der Waals surface area (Å²) < 4.78 is 0. The van der Waals surface area contributed by atoms with Crippen LogP contribution >= 0.6 is 0 Å². The van der Waals surface area contributed by atoms with Crippen molar-refractivity contribution in [2.75, 3.05) is 31.6 Å². The Bertz CT molecular complexity index is 368. The van der Waals surface area contributed by atoms with Gasteiger partial charge in [0.25, 0.3) is 0 Å². The summed E-state index contributed by atoms with van der Waals surface area (Å²) >= 11 is 0. The second-order valence-corrected chi connectivity index (χ2v) is 5.23. The van der Waals surface area contributed by atoms with Gasteiger partial charge in [-0.3, -0.25) is 4.90 Å². The molecule has 106 valence electrons. The van der Waals surface area contributed by atoms with Crippen LogP contribution in [-0.4, -0.2) is 52.3 Å². The molecule has 0 aromatic carbocycles. The predicted molar refractivity (Wildman–Crippen MR) is 76.2 cm³/mol. The number of rotatable bonds is 6. The first-order chi connectivity index (χ1) is 9.29. The lowest BCUT2D eigenvalue weighted by atomic mass is 10.0. The van der Waals surface area contributed by atoms with Crippen molar-refractivity contribution in [3.8, 4) is 0 Å². The van der Waals surface area contributed by atoms with Crippen molar-refractivity contribution in [1.29, 1.82) is 0 Å².